The number of anilines is 1. The van der Waals surface area contributed by atoms with Gasteiger partial charge in [0, 0.05) is 4.47 Å². The summed E-state index contributed by atoms with van der Waals surface area (Å²) in [5, 5.41) is 3.77. The minimum atomic E-state index is -0.0251. The third-order valence-corrected chi connectivity index (χ3v) is 3.65. The highest BCUT2D eigenvalue weighted by molar-refractivity contribution is 9.10. The molecule has 0 unspecified atom stereocenters. The molecular formula is C11H13BrClNOS. The lowest BCUT2D eigenvalue weighted by Crippen LogP contribution is -2.15. The van der Waals surface area contributed by atoms with Crippen LogP contribution in [-0.4, -0.2) is 16.9 Å². The van der Waals surface area contributed by atoms with E-state index in [4.69, 9.17) is 11.6 Å². The molecule has 88 valence electrons. The zero-order valence-electron chi connectivity index (χ0n) is 9.09. The number of nitrogens with one attached hydrogen (secondary N) is 1. The van der Waals surface area contributed by atoms with Crippen molar-refractivity contribution in [3.8, 4) is 0 Å². The van der Waals surface area contributed by atoms with Crippen molar-refractivity contribution in [2.75, 3.05) is 11.1 Å². The van der Waals surface area contributed by atoms with E-state index in [9.17, 15) is 4.79 Å². The van der Waals surface area contributed by atoms with E-state index >= 15 is 0 Å². The van der Waals surface area contributed by atoms with Gasteiger partial charge in [0.2, 0.25) is 5.91 Å². The molecule has 0 fully saturated rings. The van der Waals surface area contributed by atoms with Gasteiger partial charge >= 0.3 is 0 Å². The van der Waals surface area contributed by atoms with Gasteiger partial charge in [-0.25, -0.2) is 0 Å². The number of hydrogen-bond acceptors (Lipinski definition) is 2. The first-order valence-electron chi connectivity index (χ1n) is 4.85. The maximum absolute atomic E-state index is 11.6. The standard InChI is InChI=1S/C11H13BrClNOS/c1-7(2)16-6-11(15)14-10-4-3-8(12)5-9(10)13/h3-5,7H,6H2,1-2H3,(H,14,15). The first-order chi connectivity index (χ1) is 7.49. The molecular weight excluding hydrogens is 310 g/mol. The van der Waals surface area contributed by atoms with Crippen LogP contribution in [0.3, 0.4) is 0 Å². The maximum Gasteiger partial charge on any atom is 0.234 e. The second-order valence-corrected chi connectivity index (χ2v) is 6.42. The molecule has 5 heteroatoms. The highest BCUT2D eigenvalue weighted by Gasteiger charge is 2.07. The van der Waals surface area contributed by atoms with Crippen LogP contribution in [0.15, 0.2) is 22.7 Å². The highest BCUT2D eigenvalue weighted by Crippen LogP contribution is 2.25. The molecule has 0 saturated carbocycles. The van der Waals surface area contributed by atoms with E-state index in [1.165, 1.54) is 0 Å². The van der Waals surface area contributed by atoms with Crippen molar-refractivity contribution >= 4 is 50.9 Å². The number of thioether (sulfide) groups is 1. The Morgan fingerprint density at radius 1 is 1.56 bits per heavy atom. The first kappa shape index (κ1) is 13.9. The van der Waals surface area contributed by atoms with Crippen LogP contribution in [0.25, 0.3) is 0 Å². The number of carbonyl (C=O) groups is 1. The van der Waals surface area contributed by atoms with Gasteiger partial charge in [0.25, 0.3) is 0 Å². The van der Waals surface area contributed by atoms with Gasteiger partial charge in [0.15, 0.2) is 0 Å². The van der Waals surface area contributed by atoms with E-state index in [1.54, 1.807) is 23.9 Å². The molecule has 2 nitrogen and oxygen atoms in total. The van der Waals surface area contributed by atoms with E-state index in [-0.39, 0.29) is 5.91 Å². The predicted molar refractivity (Wildman–Crippen MR) is 75.4 cm³/mol. The average molecular weight is 323 g/mol. The topological polar surface area (TPSA) is 29.1 Å². The van der Waals surface area contributed by atoms with Gasteiger partial charge in [-0.15, -0.1) is 11.8 Å². The molecule has 0 spiro atoms. The first-order valence-corrected chi connectivity index (χ1v) is 7.07. The zero-order valence-corrected chi connectivity index (χ0v) is 12.2. The van der Waals surface area contributed by atoms with Gasteiger partial charge in [0.1, 0.15) is 0 Å². The van der Waals surface area contributed by atoms with Crippen LogP contribution in [0.4, 0.5) is 5.69 Å². The van der Waals surface area contributed by atoms with Crippen molar-refractivity contribution in [1.29, 1.82) is 0 Å². The van der Waals surface area contributed by atoms with E-state index in [1.807, 2.05) is 6.07 Å². The normalized spacial score (nSPS) is 10.6. The van der Waals surface area contributed by atoms with Crippen LogP contribution in [-0.2, 0) is 4.79 Å². The van der Waals surface area contributed by atoms with Gasteiger partial charge in [-0.1, -0.05) is 41.4 Å². The van der Waals surface area contributed by atoms with Gasteiger partial charge < -0.3 is 5.32 Å². The Kier molecular flexibility index (Phi) is 5.66. The number of hydrogen-bond donors (Lipinski definition) is 1. The molecule has 0 aliphatic rings. The lowest BCUT2D eigenvalue weighted by molar-refractivity contribution is -0.113. The zero-order chi connectivity index (χ0) is 12.1. The van der Waals surface area contributed by atoms with Crippen LogP contribution in [0.5, 0.6) is 0 Å². The maximum atomic E-state index is 11.6. The highest BCUT2D eigenvalue weighted by atomic mass is 79.9. The lowest BCUT2D eigenvalue weighted by Gasteiger charge is -2.08. The molecule has 1 aromatic carbocycles. The molecule has 0 aromatic heterocycles. The van der Waals surface area contributed by atoms with E-state index in [0.717, 1.165) is 4.47 Å². The summed E-state index contributed by atoms with van der Waals surface area (Å²) in [4.78, 5) is 11.6. The van der Waals surface area contributed by atoms with Crippen molar-refractivity contribution in [3.63, 3.8) is 0 Å². The molecule has 0 aliphatic carbocycles. The number of rotatable bonds is 4. The Morgan fingerprint density at radius 2 is 2.25 bits per heavy atom. The fraction of sp³-hybridized carbons (Fsp3) is 0.364. The van der Waals surface area contributed by atoms with E-state index in [2.05, 4.69) is 35.1 Å². The molecule has 0 radical (unpaired) electrons. The third-order valence-electron chi connectivity index (χ3n) is 1.75. The van der Waals surface area contributed by atoms with Crippen molar-refractivity contribution in [2.45, 2.75) is 19.1 Å². The molecule has 1 aromatic rings. The fourth-order valence-electron chi connectivity index (χ4n) is 1.02. The second kappa shape index (κ2) is 6.52. The Morgan fingerprint density at radius 3 is 2.81 bits per heavy atom. The number of benzene rings is 1. The summed E-state index contributed by atoms with van der Waals surface area (Å²) in [5.74, 6) is 0.423. The Labute approximate surface area is 113 Å². The average Bonchev–Trinajstić information content (AvgIpc) is 2.19. The molecule has 0 bridgehead atoms. The van der Waals surface area contributed by atoms with Crippen molar-refractivity contribution in [3.05, 3.63) is 27.7 Å². The second-order valence-electron chi connectivity index (χ2n) is 3.53. The summed E-state index contributed by atoms with van der Waals surface area (Å²) in [6.07, 6.45) is 0. The SMILES string of the molecule is CC(C)SCC(=O)Nc1ccc(Br)cc1Cl. The summed E-state index contributed by atoms with van der Waals surface area (Å²) in [5.41, 5.74) is 0.652. The van der Waals surface area contributed by atoms with Crippen LogP contribution < -0.4 is 5.32 Å². The molecule has 1 N–H and O–H groups in total. The third kappa shape index (κ3) is 4.76. The largest absolute Gasteiger partial charge is 0.324 e. The quantitative estimate of drug-likeness (QED) is 0.901. The van der Waals surface area contributed by atoms with Crippen LogP contribution >= 0.6 is 39.3 Å². The Balaban J connectivity index is 2.56. The van der Waals surface area contributed by atoms with Crippen molar-refractivity contribution < 1.29 is 4.79 Å². The lowest BCUT2D eigenvalue weighted by atomic mass is 10.3. The predicted octanol–water partition coefficient (Wildman–Crippen LogP) is 4.18. The molecule has 0 saturated heterocycles. The molecule has 1 amide bonds. The summed E-state index contributed by atoms with van der Waals surface area (Å²) < 4.78 is 0.895. The van der Waals surface area contributed by atoms with E-state index in [0.29, 0.717) is 21.7 Å². The number of carbonyl (C=O) groups excluding carboxylic acids is 1. The number of amides is 1. The van der Waals surface area contributed by atoms with Gasteiger partial charge in [-0.3, -0.25) is 4.79 Å². The summed E-state index contributed by atoms with van der Waals surface area (Å²) in [6.45, 7) is 4.12. The molecule has 0 heterocycles. The molecule has 0 aliphatic heterocycles. The molecule has 0 atom stereocenters. The van der Waals surface area contributed by atoms with E-state index < -0.39 is 0 Å². The summed E-state index contributed by atoms with van der Waals surface area (Å²) >= 11 is 10.9. The summed E-state index contributed by atoms with van der Waals surface area (Å²) in [7, 11) is 0. The monoisotopic (exact) mass is 321 g/mol. The smallest absolute Gasteiger partial charge is 0.234 e. The molecule has 16 heavy (non-hydrogen) atoms. The Hall–Kier alpha value is -0.190. The van der Waals surface area contributed by atoms with Crippen molar-refractivity contribution in [1.82, 2.24) is 0 Å². The minimum absolute atomic E-state index is 0.0251. The van der Waals surface area contributed by atoms with Crippen LogP contribution in [0, 0.1) is 0 Å². The fourth-order valence-corrected chi connectivity index (χ4v) is 2.30. The van der Waals surface area contributed by atoms with Gasteiger partial charge in [-0.05, 0) is 23.4 Å². The van der Waals surface area contributed by atoms with Crippen LogP contribution in [0.2, 0.25) is 5.02 Å². The van der Waals surface area contributed by atoms with Gasteiger partial charge in [0.05, 0.1) is 16.5 Å². The van der Waals surface area contributed by atoms with Crippen molar-refractivity contribution in [2.24, 2.45) is 0 Å². The van der Waals surface area contributed by atoms with Gasteiger partial charge in [-0.2, -0.15) is 0 Å². The Bertz CT molecular complexity index is 384. The molecule has 1 rings (SSSR count). The minimum Gasteiger partial charge on any atom is -0.324 e. The van der Waals surface area contributed by atoms with Crippen LogP contribution in [0.1, 0.15) is 13.8 Å². The number of halogens is 2. The summed E-state index contributed by atoms with van der Waals surface area (Å²) in [6, 6.07) is 5.38.